The predicted octanol–water partition coefficient (Wildman–Crippen LogP) is 4.84. The third-order valence-corrected chi connectivity index (χ3v) is 5.24. The molecule has 2 aromatic rings. The zero-order chi connectivity index (χ0) is 20.3. The van der Waals surface area contributed by atoms with Gasteiger partial charge in [0.15, 0.2) is 0 Å². The molecule has 0 radical (unpaired) electrons. The molecule has 0 fully saturated rings. The lowest BCUT2D eigenvalue weighted by Gasteiger charge is -2.21. The highest BCUT2D eigenvalue weighted by Crippen LogP contribution is 2.41. The van der Waals surface area contributed by atoms with Crippen molar-refractivity contribution in [2.75, 3.05) is 26.5 Å². The number of nitrogens with one attached hydrogen (secondary N) is 1. The van der Waals surface area contributed by atoms with Crippen molar-refractivity contribution in [2.45, 2.75) is 19.4 Å². The molecule has 1 aromatic carbocycles. The summed E-state index contributed by atoms with van der Waals surface area (Å²) in [6, 6.07) is 3.58. The van der Waals surface area contributed by atoms with E-state index in [-0.39, 0.29) is 33.6 Å². The van der Waals surface area contributed by atoms with Gasteiger partial charge in [0.05, 0.1) is 22.7 Å². The number of carbonyl (C=O) groups excluding carboxylic acids is 1. The van der Waals surface area contributed by atoms with Crippen molar-refractivity contribution in [3.8, 4) is 17.5 Å². The lowest BCUT2D eigenvalue weighted by atomic mass is 10.0. The van der Waals surface area contributed by atoms with Gasteiger partial charge in [-0.1, -0.05) is 34.8 Å². The smallest absolute Gasteiger partial charge is 0.413 e. The Morgan fingerprint density at radius 3 is 2.63 bits per heavy atom. The fourth-order valence-electron chi connectivity index (χ4n) is 2.19. The van der Waals surface area contributed by atoms with Crippen LogP contribution >= 0.6 is 34.8 Å². The molecule has 0 spiro atoms. The van der Waals surface area contributed by atoms with Crippen LogP contribution in [0.15, 0.2) is 10.5 Å². The monoisotopic (exact) mass is 430 g/mol. The van der Waals surface area contributed by atoms with Gasteiger partial charge in [-0.2, -0.15) is 10.2 Å². The summed E-state index contributed by atoms with van der Waals surface area (Å²) in [5.41, 5.74) is 0.875. The number of nitriles is 1. The number of oxazole rings is 1. The Labute approximate surface area is 171 Å². The van der Waals surface area contributed by atoms with E-state index in [4.69, 9.17) is 39.2 Å². The first-order chi connectivity index (χ1) is 12.7. The number of hydrogen-bond donors (Lipinski definition) is 1. The largest absolute Gasteiger partial charge is 0.453 e. The first kappa shape index (κ1) is 21.3. The van der Waals surface area contributed by atoms with Crippen LogP contribution in [0.25, 0.3) is 11.5 Å². The molecule has 2 rings (SSSR count). The van der Waals surface area contributed by atoms with Crippen molar-refractivity contribution in [1.29, 1.82) is 5.26 Å². The lowest BCUT2D eigenvalue weighted by Crippen LogP contribution is -2.26. The normalized spacial score (nSPS) is 12.0. The fourth-order valence-corrected chi connectivity index (χ4v) is 3.05. The number of halogens is 3. The highest BCUT2D eigenvalue weighted by molar-refractivity contribution is 6.45. The minimum absolute atomic E-state index is 0.000962. The number of amides is 1. The topological polar surface area (TPSA) is 91.4 Å². The Balaban J connectivity index is 2.48. The van der Waals surface area contributed by atoms with E-state index in [1.54, 1.807) is 6.07 Å². The number of carbonyl (C=O) groups is 1. The second-order valence-corrected chi connectivity index (χ2v) is 7.12. The average Bonchev–Trinajstić information content (AvgIpc) is 3.03. The van der Waals surface area contributed by atoms with E-state index in [0.29, 0.717) is 22.6 Å². The van der Waals surface area contributed by atoms with E-state index in [0.717, 1.165) is 0 Å². The minimum Gasteiger partial charge on any atom is -0.453 e. The quantitative estimate of drug-likeness (QED) is 0.681. The lowest BCUT2D eigenvalue weighted by molar-refractivity contribution is 0.186. The maximum atomic E-state index is 11.4. The molecular formula is C17H17Cl3N4O3. The molecular weight excluding hydrogens is 415 g/mol. The molecule has 0 saturated carbocycles. The van der Waals surface area contributed by atoms with Gasteiger partial charge in [0.2, 0.25) is 17.5 Å². The third-order valence-electron chi connectivity index (χ3n) is 4.00. The molecule has 0 aliphatic heterocycles. The molecule has 1 amide bonds. The summed E-state index contributed by atoms with van der Waals surface area (Å²) in [7, 11) is 5.09. The standard InChI is InChI=1S/C17H17Cl3N4O3/c1-8(24(2)3)5-9-11(18)6-10(14(20)13(9)19)15-22-12(7-21)16(27-15)23-17(25)26-4/h6,8H,5H2,1-4H3,(H,23,25). The number of rotatable bonds is 5. The Hall–Kier alpha value is -1.98. The fraction of sp³-hybridized carbons (Fsp3) is 0.353. The van der Waals surface area contributed by atoms with E-state index in [1.807, 2.05) is 32.0 Å². The minimum atomic E-state index is -0.801. The van der Waals surface area contributed by atoms with Gasteiger partial charge in [-0.3, -0.25) is 5.32 Å². The summed E-state index contributed by atoms with van der Waals surface area (Å²) in [5.74, 6) is -0.160. The number of hydrogen-bond acceptors (Lipinski definition) is 6. The second-order valence-electron chi connectivity index (χ2n) is 5.95. The van der Waals surface area contributed by atoms with E-state index < -0.39 is 6.09 Å². The molecule has 1 atom stereocenters. The number of anilines is 1. The number of ether oxygens (including phenoxy) is 1. The maximum absolute atomic E-state index is 11.4. The molecule has 1 heterocycles. The van der Waals surface area contributed by atoms with Crippen molar-refractivity contribution < 1.29 is 13.9 Å². The Morgan fingerprint density at radius 2 is 2.07 bits per heavy atom. The van der Waals surface area contributed by atoms with E-state index in [9.17, 15) is 10.1 Å². The zero-order valence-corrected chi connectivity index (χ0v) is 17.3. The molecule has 0 saturated heterocycles. The van der Waals surface area contributed by atoms with Gasteiger partial charge in [-0.05, 0) is 39.1 Å². The highest BCUT2D eigenvalue weighted by atomic mass is 35.5. The molecule has 144 valence electrons. The number of nitrogens with zero attached hydrogens (tertiary/aromatic N) is 3. The van der Waals surface area contributed by atoms with Crippen LogP contribution in [0.5, 0.6) is 0 Å². The number of benzene rings is 1. The Kier molecular flexibility index (Phi) is 6.95. The van der Waals surface area contributed by atoms with Gasteiger partial charge in [0.25, 0.3) is 0 Å². The van der Waals surface area contributed by atoms with Gasteiger partial charge in [-0.15, -0.1) is 0 Å². The molecule has 1 N–H and O–H groups in total. The third kappa shape index (κ3) is 4.66. The van der Waals surface area contributed by atoms with Gasteiger partial charge < -0.3 is 14.1 Å². The summed E-state index contributed by atoms with van der Waals surface area (Å²) in [4.78, 5) is 17.4. The molecule has 10 heteroatoms. The van der Waals surface area contributed by atoms with Gasteiger partial charge in [0.1, 0.15) is 6.07 Å². The van der Waals surface area contributed by atoms with Crippen molar-refractivity contribution in [3.05, 3.63) is 32.4 Å². The number of likely N-dealkylation sites (N-methyl/N-ethyl adjacent to an activating group) is 1. The van der Waals surface area contributed by atoms with Gasteiger partial charge >= 0.3 is 6.09 Å². The second kappa shape index (κ2) is 8.81. The SMILES string of the molecule is COC(=O)Nc1oc(-c2cc(Cl)c(CC(C)N(C)C)c(Cl)c2Cl)nc1C#N. The van der Waals surface area contributed by atoms with Crippen LogP contribution in [0, 0.1) is 11.3 Å². The van der Waals surface area contributed by atoms with E-state index in [2.05, 4.69) is 15.0 Å². The van der Waals surface area contributed by atoms with Crippen molar-refractivity contribution in [1.82, 2.24) is 9.88 Å². The van der Waals surface area contributed by atoms with Gasteiger partial charge in [0, 0.05) is 11.1 Å². The number of methoxy groups -OCH3 is 1. The first-order valence-electron chi connectivity index (χ1n) is 7.78. The van der Waals surface area contributed by atoms with Crippen LogP contribution < -0.4 is 5.32 Å². The molecule has 0 aliphatic rings. The van der Waals surface area contributed by atoms with Crippen molar-refractivity contribution in [2.24, 2.45) is 0 Å². The number of aromatic nitrogens is 1. The van der Waals surface area contributed by atoms with E-state index in [1.165, 1.54) is 7.11 Å². The maximum Gasteiger partial charge on any atom is 0.413 e. The van der Waals surface area contributed by atoms with Crippen LogP contribution in [0.1, 0.15) is 18.2 Å². The Morgan fingerprint density at radius 1 is 1.41 bits per heavy atom. The zero-order valence-electron chi connectivity index (χ0n) is 15.1. The van der Waals surface area contributed by atoms with Crippen LogP contribution in [-0.4, -0.2) is 43.2 Å². The summed E-state index contributed by atoms with van der Waals surface area (Å²) >= 11 is 19.2. The van der Waals surface area contributed by atoms with Crippen LogP contribution in [-0.2, 0) is 11.2 Å². The summed E-state index contributed by atoms with van der Waals surface area (Å²) in [5, 5.41) is 12.3. The summed E-state index contributed by atoms with van der Waals surface area (Å²) in [6.45, 7) is 2.03. The molecule has 1 unspecified atom stereocenters. The first-order valence-corrected chi connectivity index (χ1v) is 8.92. The average molecular weight is 432 g/mol. The highest BCUT2D eigenvalue weighted by Gasteiger charge is 2.23. The summed E-state index contributed by atoms with van der Waals surface area (Å²) < 4.78 is 9.94. The molecule has 7 nitrogen and oxygen atoms in total. The Bertz CT molecular complexity index is 906. The summed E-state index contributed by atoms with van der Waals surface area (Å²) in [6.07, 6.45) is -0.209. The molecule has 0 bridgehead atoms. The predicted molar refractivity (Wildman–Crippen MR) is 105 cm³/mol. The molecule has 0 aliphatic carbocycles. The van der Waals surface area contributed by atoms with Crippen LogP contribution in [0.2, 0.25) is 15.1 Å². The van der Waals surface area contributed by atoms with Gasteiger partial charge in [-0.25, -0.2) is 4.79 Å². The molecule has 27 heavy (non-hydrogen) atoms. The van der Waals surface area contributed by atoms with Crippen molar-refractivity contribution >= 4 is 46.8 Å². The van der Waals surface area contributed by atoms with Crippen LogP contribution in [0.4, 0.5) is 10.7 Å². The van der Waals surface area contributed by atoms with Crippen LogP contribution in [0.3, 0.4) is 0 Å². The molecule has 1 aromatic heterocycles. The van der Waals surface area contributed by atoms with E-state index >= 15 is 0 Å². The van der Waals surface area contributed by atoms with Crippen molar-refractivity contribution in [3.63, 3.8) is 0 Å².